The Morgan fingerprint density at radius 2 is 1.76 bits per heavy atom. The zero-order valence-corrected chi connectivity index (χ0v) is 16.4. The molecule has 3 nitrogen and oxygen atoms in total. The van der Waals surface area contributed by atoms with Crippen molar-refractivity contribution in [3.05, 3.63) is 71.3 Å². The first kappa shape index (κ1) is 19.6. The monoisotopic (exact) mass is 457 g/mol. The Balaban J connectivity index is 0.00000225. The third-order valence-corrected chi connectivity index (χ3v) is 4.48. The minimum atomic E-state index is -0.243. The van der Waals surface area contributed by atoms with Gasteiger partial charge in [-0.15, -0.1) is 24.0 Å². The highest BCUT2D eigenvalue weighted by Crippen LogP contribution is 2.47. The number of hydrogen-bond donors (Lipinski definition) is 2. The van der Waals surface area contributed by atoms with Crippen LogP contribution in [0.2, 0.25) is 0 Å². The van der Waals surface area contributed by atoms with Crippen LogP contribution in [-0.2, 0) is 12.0 Å². The molecule has 1 saturated carbocycles. The summed E-state index contributed by atoms with van der Waals surface area (Å²) < 4.78 is 26.4. The van der Waals surface area contributed by atoms with E-state index >= 15 is 0 Å². The van der Waals surface area contributed by atoms with Gasteiger partial charge in [0.1, 0.15) is 11.6 Å². The summed E-state index contributed by atoms with van der Waals surface area (Å²) >= 11 is 0. The lowest BCUT2D eigenvalue weighted by molar-refractivity contribution is 0.607. The first-order valence-electron chi connectivity index (χ1n) is 8.06. The van der Waals surface area contributed by atoms with Gasteiger partial charge in [0.15, 0.2) is 5.96 Å². The van der Waals surface area contributed by atoms with Crippen LogP contribution in [0.15, 0.2) is 53.5 Å². The van der Waals surface area contributed by atoms with Crippen molar-refractivity contribution in [2.45, 2.75) is 24.8 Å². The minimum absolute atomic E-state index is 0. The lowest BCUT2D eigenvalue weighted by atomic mass is 9.96. The van der Waals surface area contributed by atoms with Gasteiger partial charge in [-0.2, -0.15) is 0 Å². The molecule has 3 rings (SSSR count). The van der Waals surface area contributed by atoms with E-state index in [4.69, 9.17) is 0 Å². The van der Waals surface area contributed by atoms with Crippen molar-refractivity contribution in [1.82, 2.24) is 10.6 Å². The van der Waals surface area contributed by atoms with Gasteiger partial charge >= 0.3 is 0 Å². The molecule has 6 heteroatoms. The molecule has 0 amide bonds. The smallest absolute Gasteiger partial charge is 0.191 e. The second kappa shape index (κ2) is 8.60. The van der Waals surface area contributed by atoms with Gasteiger partial charge in [-0.05, 0) is 48.2 Å². The van der Waals surface area contributed by atoms with E-state index in [9.17, 15) is 8.78 Å². The van der Waals surface area contributed by atoms with E-state index in [-0.39, 0.29) is 41.0 Å². The fourth-order valence-electron chi connectivity index (χ4n) is 2.80. The SMILES string of the molecule is CN=C(NCc1ccc(F)cc1)NCC1(c2cccc(F)c2)CC1.I. The van der Waals surface area contributed by atoms with Crippen LogP contribution in [0, 0.1) is 11.6 Å². The molecule has 134 valence electrons. The maximum Gasteiger partial charge on any atom is 0.191 e. The van der Waals surface area contributed by atoms with Crippen molar-refractivity contribution in [2.75, 3.05) is 13.6 Å². The van der Waals surface area contributed by atoms with Crippen LogP contribution < -0.4 is 10.6 Å². The summed E-state index contributed by atoms with van der Waals surface area (Å²) in [4.78, 5) is 4.21. The van der Waals surface area contributed by atoms with Crippen molar-refractivity contribution >= 4 is 29.9 Å². The zero-order valence-electron chi connectivity index (χ0n) is 14.1. The summed E-state index contributed by atoms with van der Waals surface area (Å²) in [6.45, 7) is 1.27. The molecule has 0 atom stereocenters. The van der Waals surface area contributed by atoms with Crippen molar-refractivity contribution < 1.29 is 8.78 Å². The number of nitrogens with zero attached hydrogens (tertiary/aromatic N) is 1. The van der Waals surface area contributed by atoms with Gasteiger partial charge in [0.05, 0.1) is 0 Å². The van der Waals surface area contributed by atoms with E-state index < -0.39 is 0 Å². The van der Waals surface area contributed by atoms with E-state index in [0.717, 1.165) is 24.0 Å². The van der Waals surface area contributed by atoms with Gasteiger partial charge in [0, 0.05) is 25.6 Å². The van der Waals surface area contributed by atoms with Crippen molar-refractivity contribution in [1.29, 1.82) is 0 Å². The Kier molecular flexibility index (Phi) is 6.75. The average Bonchev–Trinajstić information content (AvgIpc) is 3.38. The lowest BCUT2D eigenvalue weighted by Gasteiger charge is -2.19. The summed E-state index contributed by atoms with van der Waals surface area (Å²) in [6.07, 6.45) is 2.08. The van der Waals surface area contributed by atoms with Gasteiger partial charge < -0.3 is 10.6 Å². The summed E-state index contributed by atoms with van der Waals surface area (Å²) in [6, 6.07) is 13.2. The van der Waals surface area contributed by atoms with E-state index in [2.05, 4.69) is 15.6 Å². The largest absolute Gasteiger partial charge is 0.356 e. The standard InChI is InChI=1S/C19H21F2N3.HI/c1-22-18(23-12-14-5-7-16(20)8-6-14)24-13-19(9-10-19)15-3-2-4-17(21)11-15;/h2-8,11H,9-10,12-13H2,1H3,(H2,22,23,24);1H. The molecule has 2 aromatic rings. The first-order chi connectivity index (χ1) is 11.6. The van der Waals surface area contributed by atoms with Gasteiger partial charge in [0.25, 0.3) is 0 Å². The second-order valence-corrected chi connectivity index (χ2v) is 6.20. The fraction of sp³-hybridized carbons (Fsp3) is 0.316. The van der Waals surface area contributed by atoms with Crippen LogP contribution in [0.4, 0.5) is 8.78 Å². The number of guanidine groups is 1. The average molecular weight is 457 g/mol. The summed E-state index contributed by atoms with van der Waals surface area (Å²) in [5.74, 6) is 0.242. The number of benzene rings is 2. The van der Waals surface area contributed by atoms with Crippen molar-refractivity contribution in [3.8, 4) is 0 Å². The number of rotatable bonds is 5. The van der Waals surface area contributed by atoms with Crippen LogP contribution in [0.5, 0.6) is 0 Å². The number of nitrogens with one attached hydrogen (secondary N) is 2. The molecule has 0 radical (unpaired) electrons. The predicted octanol–water partition coefficient (Wildman–Crippen LogP) is 3.98. The second-order valence-electron chi connectivity index (χ2n) is 6.20. The Bertz CT molecular complexity index is 728. The van der Waals surface area contributed by atoms with Crippen LogP contribution in [0.1, 0.15) is 24.0 Å². The molecule has 0 bridgehead atoms. The lowest BCUT2D eigenvalue weighted by Crippen LogP contribution is -2.40. The van der Waals surface area contributed by atoms with Crippen LogP contribution in [0.25, 0.3) is 0 Å². The molecule has 0 aliphatic heterocycles. The molecule has 0 unspecified atom stereocenters. The van der Waals surface area contributed by atoms with E-state index in [1.807, 2.05) is 6.07 Å². The molecule has 25 heavy (non-hydrogen) atoms. The molecule has 1 aliphatic rings. The fourth-order valence-corrected chi connectivity index (χ4v) is 2.80. The van der Waals surface area contributed by atoms with E-state index in [0.29, 0.717) is 19.0 Å². The Labute approximate surface area is 164 Å². The maximum atomic E-state index is 13.4. The van der Waals surface area contributed by atoms with Gasteiger partial charge in [-0.1, -0.05) is 24.3 Å². The highest BCUT2D eigenvalue weighted by atomic mass is 127. The van der Waals surface area contributed by atoms with E-state index in [1.165, 1.54) is 18.2 Å². The highest BCUT2D eigenvalue weighted by Gasteiger charge is 2.44. The number of hydrogen-bond acceptors (Lipinski definition) is 1. The van der Waals surface area contributed by atoms with Crippen LogP contribution >= 0.6 is 24.0 Å². The molecular formula is C19H22F2IN3. The van der Waals surface area contributed by atoms with Gasteiger partial charge in [-0.25, -0.2) is 8.78 Å². The number of aliphatic imine (C=N–C) groups is 1. The van der Waals surface area contributed by atoms with E-state index in [1.54, 1.807) is 31.3 Å². The van der Waals surface area contributed by atoms with Crippen molar-refractivity contribution in [3.63, 3.8) is 0 Å². The highest BCUT2D eigenvalue weighted by molar-refractivity contribution is 14.0. The Morgan fingerprint density at radius 1 is 1.04 bits per heavy atom. The zero-order chi connectivity index (χ0) is 17.0. The van der Waals surface area contributed by atoms with Crippen molar-refractivity contribution in [2.24, 2.45) is 4.99 Å². The summed E-state index contributed by atoms with van der Waals surface area (Å²) in [7, 11) is 1.71. The molecule has 2 N–H and O–H groups in total. The predicted molar refractivity (Wildman–Crippen MR) is 107 cm³/mol. The summed E-state index contributed by atoms with van der Waals surface area (Å²) in [5.41, 5.74) is 2.00. The minimum Gasteiger partial charge on any atom is -0.356 e. The molecule has 1 fully saturated rings. The Morgan fingerprint density at radius 3 is 2.36 bits per heavy atom. The topological polar surface area (TPSA) is 36.4 Å². The molecule has 2 aromatic carbocycles. The summed E-state index contributed by atoms with van der Waals surface area (Å²) in [5, 5.41) is 6.52. The van der Waals surface area contributed by atoms with Crippen LogP contribution in [-0.4, -0.2) is 19.6 Å². The number of halogens is 3. The maximum absolute atomic E-state index is 13.4. The third-order valence-electron chi connectivity index (χ3n) is 4.48. The van der Waals surface area contributed by atoms with Gasteiger partial charge in [0.2, 0.25) is 0 Å². The Hall–Kier alpha value is -1.70. The molecule has 0 spiro atoms. The molecule has 0 aromatic heterocycles. The van der Waals surface area contributed by atoms with Gasteiger partial charge in [-0.3, -0.25) is 4.99 Å². The normalized spacial score (nSPS) is 15.2. The molecular weight excluding hydrogens is 435 g/mol. The van der Waals surface area contributed by atoms with Crippen LogP contribution in [0.3, 0.4) is 0 Å². The first-order valence-corrected chi connectivity index (χ1v) is 8.06. The third kappa shape index (κ3) is 5.14. The molecule has 0 saturated heterocycles. The quantitative estimate of drug-likeness (QED) is 0.405. The molecule has 1 aliphatic carbocycles. The molecule has 0 heterocycles.